The number of carbonyl (C=O) groups excluding carboxylic acids is 4. The Kier molecular flexibility index (Phi) is 15.2. The normalized spacial score (nSPS) is 35.4. The zero-order valence-electron chi connectivity index (χ0n) is 35.5. The van der Waals surface area contributed by atoms with Crippen LogP contribution in [0, 0.1) is 23.7 Å². The molecule has 0 aromatic carbocycles. The molecular weight excluding hydrogens is 770 g/mol. The summed E-state index contributed by atoms with van der Waals surface area (Å²) in [6.45, 7) is 13.1. The number of aliphatic hydroxyl groups excluding tert-OH is 1. The number of aromatic nitrogens is 3. The molecule has 0 radical (unpaired) electrons. The minimum absolute atomic E-state index is 0.131. The Hall–Kier alpha value is -3.47. The van der Waals surface area contributed by atoms with Crippen LogP contribution in [0.15, 0.2) is 30.9 Å². The fraction of sp³-hybridized carbons (Fsp3) is 0.714. The predicted octanol–water partition coefficient (Wildman–Crippen LogP) is 5.19. The summed E-state index contributed by atoms with van der Waals surface area (Å²) in [4.78, 5) is 68.4. The summed E-state index contributed by atoms with van der Waals surface area (Å²) >= 11 is 5.94. The number of aliphatic hydroxyl groups is 1. The first kappa shape index (κ1) is 45.6. The fourth-order valence-electron chi connectivity index (χ4n) is 8.90. The molecule has 322 valence electrons. The topological polar surface area (TPSA) is 172 Å². The predicted molar refractivity (Wildman–Crippen MR) is 215 cm³/mol. The second-order valence-corrected chi connectivity index (χ2v) is 17.2. The first-order valence-electron chi connectivity index (χ1n) is 20.5. The number of cyclic esters (lactones) is 1. The van der Waals surface area contributed by atoms with Crippen molar-refractivity contribution in [3.05, 3.63) is 36.0 Å². The number of hydrogen-bond acceptors (Lipinski definition) is 13. The molecule has 0 spiro atoms. The number of aryl methyl sites for hydroxylation is 1. The van der Waals surface area contributed by atoms with Crippen molar-refractivity contribution in [1.82, 2.24) is 24.3 Å². The van der Waals surface area contributed by atoms with Gasteiger partial charge in [-0.1, -0.05) is 39.3 Å². The molecule has 0 saturated carbocycles. The lowest BCUT2D eigenvalue weighted by Crippen LogP contribution is -2.59. The maximum atomic E-state index is 14.6. The molecule has 58 heavy (non-hydrogen) atoms. The summed E-state index contributed by atoms with van der Waals surface area (Å²) in [6.07, 6.45) is 1.67. The Balaban J connectivity index is 1.40. The molecule has 3 aliphatic heterocycles. The molecule has 0 unspecified atom stereocenters. The fourth-order valence-corrected chi connectivity index (χ4v) is 9.02. The number of nitrogens with zero attached hydrogens (tertiary/aromatic N) is 5. The number of likely N-dealkylation sites (N-methyl/N-ethyl adjacent to an activating group) is 1. The summed E-state index contributed by atoms with van der Waals surface area (Å²) in [5.41, 5.74) is 0.338. The summed E-state index contributed by atoms with van der Waals surface area (Å²) in [5, 5.41) is 11.8. The van der Waals surface area contributed by atoms with E-state index in [9.17, 15) is 24.3 Å². The summed E-state index contributed by atoms with van der Waals surface area (Å²) in [5.74, 6) is -4.91. The number of methoxy groups -OCH3 is 1. The third-order valence-electron chi connectivity index (χ3n) is 12.4. The average Bonchev–Trinajstić information content (AvgIpc) is 3.80. The average molecular weight is 832 g/mol. The SMILES string of the molecule is CC[C@H]1OC(=O)[C@H](C)C(=O)[C@H](C)[C@@H](O[C@@H]2O[C@H](C)C[C@H](N(C)C)[C@H]2O)[C@](C)(OC)C[C@@H](C)C(=O)[C@H](C)[C@@H]2[C@@H]1OC(=O)N2CCCCn1cnc(-c2ccc(Cl)nc2)c1. The van der Waals surface area contributed by atoms with E-state index in [2.05, 4.69) is 9.97 Å². The van der Waals surface area contributed by atoms with Crippen molar-refractivity contribution in [1.29, 1.82) is 0 Å². The molecule has 15 nitrogen and oxygen atoms in total. The lowest BCUT2D eigenvalue weighted by Gasteiger charge is -2.47. The van der Waals surface area contributed by atoms with Gasteiger partial charge in [0.15, 0.2) is 18.2 Å². The minimum Gasteiger partial charge on any atom is -0.458 e. The number of halogens is 1. The number of unbranched alkanes of at least 4 members (excludes halogenated alkanes) is 1. The van der Waals surface area contributed by atoms with E-state index in [0.29, 0.717) is 37.5 Å². The van der Waals surface area contributed by atoms with E-state index in [1.54, 1.807) is 51.2 Å². The number of hydrogen-bond donors (Lipinski definition) is 1. The van der Waals surface area contributed by atoms with E-state index < -0.39 is 83.9 Å². The van der Waals surface area contributed by atoms with Crippen molar-refractivity contribution in [2.24, 2.45) is 23.7 Å². The van der Waals surface area contributed by atoms with Gasteiger partial charge >= 0.3 is 12.1 Å². The number of carbonyl (C=O) groups is 4. The van der Waals surface area contributed by atoms with Crippen LogP contribution in [-0.4, -0.2) is 135 Å². The Morgan fingerprint density at radius 3 is 2.34 bits per heavy atom. The molecule has 16 heteroatoms. The van der Waals surface area contributed by atoms with Gasteiger partial charge in [-0.05, 0) is 79.1 Å². The zero-order valence-corrected chi connectivity index (χ0v) is 36.3. The highest BCUT2D eigenvalue weighted by atomic mass is 35.5. The molecule has 1 N–H and O–H groups in total. The number of rotatable bonds is 11. The number of imidazole rings is 1. The number of esters is 1. The lowest BCUT2D eigenvalue weighted by atomic mass is 9.75. The molecule has 0 bridgehead atoms. The summed E-state index contributed by atoms with van der Waals surface area (Å²) in [7, 11) is 5.23. The monoisotopic (exact) mass is 831 g/mol. The number of amides is 1. The second-order valence-electron chi connectivity index (χ2n) is 16.8. The molecule has 13 atom stereocenters. The summed E-state index contributed by atoms with van der Waals surface area (Å²) < 4.78 is 32.8. The first-order valence-corrected chi connectivity index (χ1v) is 20.9. The minimum atomic E-state index is -1.26. The second kappa shape index (κ2) is 19.3. The van der Waals surface area contributed by atoms with Gasteiger partial charge in [0.2, 0.25) is 0 Å². The van der Waals surface area contributed by atoms with E-state index in [-0.39, 0.29) is 30.8 Å². The Bertz CT molecular complexity index is 1740. The number of ketones is 2. The third kappa shape index (κ3) is 9.93. The van der Waals surface area contributed by atoms with Gasteiger partial charge < -0.3 is 43.2 Å². The lowest BCUT2D eigenvalue weighted by molar-refractivity contribution is -0.295. The van der Waals surface area contributed by atoms with E-state index in [1.807, 2.05) is 49.7 Å². The number of Topliss-reactive ketones (excluding diaryl/α,β-unsaturated/α-hetero) is 2. The van der Waals surface area contributed by atoms with Gasteiger partial charge in [0.05, 0.1) is 35.9 Å². The molecule has 1 amide bonds. The zero-order chi connectivity index (χ0) is 42.6. The maximum absolute atomic E-state index is 14.6. The molecule has 3 saturated heterocycles. The Morgan fingerprint density at radius 2 is 1.71 bits per heavy atom. The van der Waals surface area contributed by atoms with Crippen LogP contribution in [0.4, 0.5) is 4.79 Å². The van der Waals surface area contributed by atoms with Gasteiger partial charge in [-0.15, -0.1) is 0 Å². The molecule has 2 aromatic rings. The largest absolute Gasteiger partial charge is 0.458 e. The summed E-state index contributed by atoms with van der Waals surface area (Å²) in [6, 6.07) is 2.54. The smallest absolute Gasteiger partial charge is 0.410 e. The molecule has 5 heterocycles. The highest BCUT2D eigenvalue weighted by molar-refractivity contribution is 6.29. The van der Waals surface area contributed by atoms with Crippen LogP contribution >= 0.6 is 11.6 Å². The molecule has 3 aliphatic rings. The third-order valence-corrected chi connectivity index (χ3v) is 12.6. The van der Waals surface area contributed by atoms with Crippen LogP contribution < -0.4 is 0 Å². The standard InChI is InChI=1S/C42H62ClN5O10/c1-11-31-37-33(48(41(53)57-37)17-13-12-16-47-21-29(45-22-47)28-14-15-32(43)44-20-28)25(4)34(49)23(2)19-42(7,54-10)38(26(5)35(50)27(6)39(52)56-31)58-40-36(51)30(46(8)9)18-24(3)55-40/h14-15,20-27,30-31,33,36-38,40,51H,11-13,16-19H2,1-10H3/t23-,24-,25-,26+,27-,30+,31-,33-,36-,37-,38-,40+,42-/m1/s1. The van der Waals surface area contributed by atoms with Crippen LogP contribution in [0.3, 0.4) is 0 Å². The van der Waals surface area contributed by atoms with E-state index in [4.69, 9.17) is 35.3 Å². The van der Waals surface area contributed by atoms with Crippen LogP contribution in [0.1, 0.15) is 80.6 Å². The van der Waals surface area contributed by atoms with Crippen LogP contribution in [0.5, 0.6) is 0 Å². The van der Waals surface area contributed by atoms with Crippen molar-refractivity contribution >= 4 is 35.2 Å². The van der Waals surface area contributed by atoms with Crippen LogP contribution in [0.2, 0.25) is 5.15 Å². The van der Waals surface area contributed by atoms with Gasteiger partial charge in [0.25, 0.3) is 0 Å². The van der Waals surface area contributed by atoms with Crippen molar-refractivity contribution in [3.8, 4) is 11.3 Å². The van der Waals surface area contributed by atoms with Crippen LogP contribution in [0.25, 0.3) is 11.3 Å². The number of fused-ring (bicyclic) bond motifs is 1. The Labute approximate surface area is 347 Å². The van der Waals surface area contributed by atoms with E-state index >= 15 is 0 Å². The highest BCUT2D eigenvalue weighted by Gasteiger charge is 2.54. The van der Waals surface area contributed by atoms with Crippen molar-refractivity contribution in [3.63, 3.8) is 0 Å². The quantitative estimate of drug-likeness (QED) is 0.136. The van der Waals surface area contributed by atoms with Gasteiger partial charge in [-0.2, -0.15) is 0 Å². The molecule has 0 aliphatic carbocycles. The number of ether oxygens (including phenoxy) is 5. The van der Waals surface area contributed by atoms with Gasteiger partial charge in [-0.3, -0.25) is 14.4 Å². The van der Waals surface area contributed by atoms with Crippen LogP contribution in [-0.2, 0) is 44.6 Å². The highest BCUT2D eigenvalue weighted by Crippen LogP contribution is 2.39. The molecular formula is C42H62ClN5O10. The van der Waals surface area contributed by atoms with E-state index in [0.717, 1.165) is 11.3 Å². The number of pyridine rings is 1. The van der Waals surface area contributed by atoms with Crippen molar-refractivity contribution in [2.45, 2.75) is 142 Å². The molecule has 3 fully saturated rings. The first-order chi connectivity index (χ1) is 27.4. The van der Waals surface area contributed by atoms with Gasteiger partial charge in [0, 0.05) is 62.0 Å². The van der Waals surface area contributed by atoms with Crippen molar-refractivity contribution in [2.75, 3.05) is 27.7 Å². The molecule has 2 aromatic heterocycles. The van der Waals surface area contributed by atoms with Crippen molar-refractivity contribution < 1.29 is 48.0 Å². The Morgan fingerprint density at radius 1 is 1.00 bits per heavy atom. The van der Waals surface area contributed by atoms with E-state index in [1.165, 1.54) is 14.0 Å². The molecule has 5 rings (SSSR count). The van der Waals surface area contributed by atoms with Gasteiger partial charge in [0.1, 0.15) is 29.1 Å². The maximum Gasteiger partial charge on any atom is 0.410 e. The van der Waals surface area contributed by atoms with Gasteiger partial charge in [-0.25, -0.2) is 14.8 Å².